The Labute approximate surface area is 127 Å². The van der Waals surface area contributed by atoms with Gasteiger partial charge >= 0.3 is 0 Å². The van der Waals surface area contributed by atoms with Gasteiger partial charge in [-0.25, -0.2) is 4.39 Å². The van der Waals surface area contributed by atoms with E-state index in [4.69, 9.17) is 9.47 Å². The normalized spacial score (nSPS) is 12.8. The molecular weight excluding hydrogens is 285 g/mol. The molecule has 0 bridgehead atoms. The van der Waals surface area contributed by atoms with Gasteiger partial charge in [0.05, 0.1) is 12.1 Å². The summed E-state index contributed by atoms with van der Waals surface area (Å²) in [6, 6.07) is 10.1. The Morgan fingerprint density at radius 1 is 1.14 bits per heavy atom. The van der Waals surface area contributed by atoms with Gasteiger partial charge in [-0.3, -0.25) is 4.79 Å². The van der Waals surface area contributed by atoms with Crippen LogP contribution < -0.4 is 14.8 Å². The van der Waals surface area contributed by atoms with E-state index in [1.54, 1.807) is 37.3 Å². The molecule has 5 heteroatoms. The number of benzene rings is 2. The van der Waals surface area contributed by atoms with Crippen LogP contribution in [-0.4, -0.2) is 19.1 Å². The van der Waals surface area contributed by atoms with Gasteiger partial charge in [0.25, 0.3) is 0 Å². The van der Waals surface area contributed by atoms with E-state index in [-0.39, 0.29) is 18.0 Å². The third-order valence-corrected chi connectivity index (χ3v) is 3.37. The van der Waals surface area contributed by atoms with Crippen molar-refractivity contribution in [2.24, 2.45) is 0 Å². The van der Waals surface area contributed by atoms with Crippen molar-refractivity contribution in [3.63, 3.8) is 0 Å². The van der Waals surface area contributed by atoms with E-state index in [1.165, 1.54) is 6.07 Å². The largest absolute Gasteiger partial charge is 0.486 e. The Kier molecular flexibility index (Phi) is 3.96. The first kappa shape index (κ1) is 14.4. The lowest BCUT2D eigenvalue weighted by atomic mass is 10.1. The van der Waals surface area contributed by atoms with E-state index >= 15 is 0 Å². The predicted octanol–water partition coefficient (Wildman–Crippen LogP) is 3.09. The van der Waals surface area contributed by atoms with Crippen molar-refractivity contribution in [3.8, 4) is 11.5 Å². The number of fused-ring (bicyclic) bond motifs is 1. The fraction of sp³-hybridized carbons (Fsp3) is 0.235. The number of aryl methyl sites for hydroxylation is 1. The van der Waals surface area contributed by atoms with Gasteiger partial charge in [-0.2, -0.15) is 0 Å². The molecule has 1 aliphatic rings. The van der Waals surface area contributed by atoms with Crippen LogP contribution in [0.25, 0.3) is 0 Å². The second-order valence-electron chi connectivity index (χ2n) is 5.19. The molecule has 0 saturated carbocycles. The summed E-state index contributed by atoms with van der Waals surface area (Å²) in [6.45, 7) is 2.82. The summed E-state index contributed by atoms with van der Waals surface area (Å²) >= 11 is 0. The zero-order chi connectivity index (χ0) is 15.5. The maximum Gasteiger partial charge on any atom is 0.228 e. The van der Waals surface area contributed by atoms with Crippen LogP contribution in [0.1, 0.15) is 11.1 Å². The number of carbonyl (C=O) groups is 1. The lowest BCUT2D eigenvalue weighted by Gasteiger charge is -2.18. The van der Waals surface area contributed by atoms with Crippen molar-refractivity contribution in [1.29, 1.82) is 0 Å². The van der Waals surface area contributed by atoms with E-state index < -0.39 is 5.82 Å². The summed E-state index contributed by atoms with van der Waals surface area (Å²) in [5, 5.41) is 2.58. The SMILES string of the molecule is Cc1ccc(NC(=O)Cc2ccc3c(c2)OCCO3)c(F)c1. The van der Waals surface area contributed by atoms with Gasteiger partial charge < -0.3 is 14.8 Å². The molecule has 4 nitrogen and oxygen atoms in total. The van der Waals surface area contributed by atoms with E-state index in [9.17, 15) is 9.18 Å². The fourth-order valence-corrected chi connectivity index (χ4v) is 2.30. The molecule has 0 atom stereocenters. The number of amides is 1. The Morgan fingerprint density at radius 2 is 1.91 bits per heavy atom. The van der Waals surface area contributed by atoms with Crippen molar-refractivity contribution >= 4 is 11.6 Å². The third-order valence-electron chi connectivity index (χ3n) is 3.37. The number of hydrogen-bond acceptors (Lipinski definition) is 3. The number of hydrogen-bond donors (Lipinski definition) is 1. The van der Waals surface area contributed by atoms with Crippen molar-refractivity contribution in [2.45, 2.75) is 13.3 Å². The second kappa shape index (κ2) is 6.05. The minimum absolute atomic E-state index is 0.143. The van der Waals surface area contributed by atoms with Crippen LogP contribution in [0.3, 0.4) is 0 Å². The zero-order valence-electron chi connectivity index (χ0n) is 12.2. The number of carbonyl (C=O) groups excluding carboxylic acids is 1. The third kappa shape index (κ3) is 3.19. The molecule has 1 aliphatic heterocycles. The molecule has 1 N–H and O–H groups in total. The van der Waals surface area contributed by atoms with Gasteiger partial charge in [-0.05, 0) is 42.3 Å². The molecule has 0 aromatic heterocycles. The first-order chi connectivity index (χ1) is 10.6. The highest BCUT2D eigenvalue weighted by molar-refractivity contribution is 5.92. The minimum Gasteiger partial charge on any atom is -0.486 e. The van der Waals surface area contributed by atoms with Gasteiger partial charge in [0.15, 0.2) is 11.5 Å². The number of rotatable bonds is 3. The number of halogens is 1. The first-order valence-electron chi connectivity index (χ1n) is 7.06. The number of ether oxygens (including phenoxy) is 2. The van der Waals surface area contributed by atoms with Gasteiger partial charge in [-0.1, -0.05) is 12.1 Å². The quantitative estimate of drug-likeness (QED) is 0.947. The topological polar surface area (TPSA) is 47.6 Å². The maximum atomic E-state index is 13.7. The van der Waals surface area contributed by atoms with E-state index in [0.29, 0.717) is 24.7 Å². The van der Waals surface area contributed by atoms with Gasteiger partial charge in [0.1, 0.15) is 19.0 Å². The average Bonchev–Trinajstić information content (AvgIpc) is 2.50. The highest BCUT2D eigenvalue weighted by Gasteiger charge is 2.14. The number of nitrogens with one attached hydrogen (secondary N) is 1. The minimum atomic E-state index is -0.435. The van der Waals surface area contributed by atoms with Gasteiger partial charge in [0, 0.05) is 0 Å². The molecule has 0 saturated heterocycles. The van der Waals surface area contributed by atoms with E-state index in [1.807, 2.05) is 0 Å². The molecule has 22 heavy (non-hydrogen) atoms. The van der Waals surface area contributed by atoms with E-state index in [0.717, 1.165) is 11.1 Å². The van der Waals surface area contributed by atoms with Crippen LogP contribution in [0.15, 0.2) is 36.4 Å². The Bertz CT molecular complexity index is 715. The molecule has 1 heterocycles. The van der Waals surface area contributed by atoms with Crippen molar-refractivity contribution in [2.75, 3.05) is 18.5 Å². The summed E-state index contributed by atoms with van der Waals surface area (Å²) in [7, 11) is 0. The zero-order valence-corrected chi connectivity index (χ0v) is 12.2. The number of anilines is 1. The highest BCUT2D eigenvalue weighted by Crippen LogP contribution is 2.31. The monoisotopic (exact) mass is 301 g/mol. The summed E-state index contributed by atoms with van der Waals surface area (Å²) in [5.41, 5.74) is 1.78. The highest BCUT2D eigenvalue weighted by atomic mass is 19.1. The smallest absolute Gasteiger partial charge is 0.228 e. The lowest BCUT2D eigenvalue weighted by Crippen LogP contribution is -2.17. The molecule has 3 rings (SSSR count). The molecule has 1 amide bonds. The van der Waals surface area contributed by atoms with Crippen LogP contribution >= 0.6 is 0 Å². The Morgan fingerprint density at radius 3 is 2.68 bits per heavy atom. The molecule has 114 valence electrons. The first-order valence-corrected chi connectivity index (χ1v) is 7.06. The molecular formula is C17H16FNO3. The van der Waals surface area contributed by atoms with Crippen LogP contribution in [-0.2, 0) is 11.2 Å². The van der Waals surface area contributed by atoms with Crippen LogP contribution in [0.2, 0.25) is 0 Å². The molecule has 0 aliphatic carbocycles. The van der Waals surface area contributed by atoms with E-state index in [2.05, 4.69) is 5.32 Å². The average molecular weight is 301 g/mol. The van der Waals surface area contributed by atoms with Gasteiger partial charge in [-0.15, -0.1) is 0 Å². The van der Waals surface area contributed by atoms with Gasteiger partial charge in [0.2, 0.25) is 5.91 Å². The summed E-state index contributed by atoms with van der Waals surface area (Å²) in [4.78, 5) is 12.0. The molecule has 0 spiro atoms. The van der Waals surface area contributed by atoms with Crippen LogP contribution in [0, 0.1) is 12.7 Å². The lowest BCUT2D eigenvalue weighted by molar-refractivity contribution is -0.115. The molecule has 0 radical (unpaired) electrons. The standard InChI is InChI=1S/C17H16FNO3/c1-11-2-4-14(13(18)8-11)19-17(20)10-12-3-5-15-16(9-12)22-7-6-21-15/h2-5,8-9H,6-7,10H2,1H3,(H,19,20). The summed E-state index contributed by atoms with van der Waals surface area (Å²) in [5.74, 6) is 0.605. The predicted molar refractivity (Wildman–Crippen MR) is 80.9 cm³/mol. The molecule has 2 aromatic rings. The second-order valence-corrected chi connectivity index (χ2v) is 5.19. The van der Waals surface area contributed by atoms with Crippen molar-refractivity contribution in [1.82, 2.24) is 0 Å². The van der Waals surface area contributed by atoms with Crippen LogP contribution in [0.5, 0.6) is 11.5 Å². The Hall–Kier alpha value is -2.56. The summed E-state index contributed by atoms with van der Waals surface area (Å²) < 4.78 is 24.6. The summed E-state index contributed by atoms with van der Waals surface area (Å²) in [6.07, 6.45) is 0.143. The van der Waals surface area contributed by atoms with Crippen molar-refractivity contribution in [3.05, 3.63) is 53.3 Å². The molecule has 2 aromatic carbocycles. The molecule has 0 unspecified atom stereocenters. The molecule has 0 fully saturated rings. The fourth-order valence-electron chi connectivity index (χ4n) is 2.30. The Balaban J connectivity index is 1.69. The maximum absolute atomic E-state index is 13.7. The van der Waals surface area contributed by atoms with Crippen molar-refractivity contribution < 1.29 is 18.7 Å². The van der Waals surface area contributed by atoms with Crippen LogP contribution in [0.4, 0.5) is 10.1 Å².